The van der Waals surface area contributed by atoms with Crippen LogP contribution in [-0.4, -0.2) is 73.9 Å². The van der Waals surface area contributed by atoms with Crippen LogP contribution < -0.4 is 10.1 Å². The molecular formula is C39H45N5O7. The molecule has 1 aromatic heterocycles. The van der Waals surface area contributed by atoms with E-state index in [4.69, 9.17) is 19.7 Å². The number of carboxylic acids is 1. The Morgan fingerprint density at radius 2 is 1.65 bits per heavy atom. The minimum absolute atomic E-state index is 0.00801. The van der Waals surface area contributed by atoms with Gasteiger partial charge in [0.15, 0.2) is 5.78 Å². The number of pyridine rings is 1. The Morgan fingerprint density at radius 3 is 2.39 bits per heavy atom. The van der Waals surface area contributed by atoms with Crippen LogP contribution in [0, 0.1) is 6.92 Å². The van der Waals surface area contributed by atoms with E-state index < -0.39 is 11.9 Å². The van der Waals surface area contributed by atoms with E-state index in [1.54, 1.807) is 6.20 Å². The number of Topliss-reactive ketones (excluding diaryl/α,β-unsaturated/α-hetero) is 1. The molecular weight excluding hydrogens is 650 g/mol. The number of nitrogens with one attached hydrogen (secondary N) is 1. The minimum Gasteiger partial charge on any atom is -0.491 e. The first-order valence-electron chi connectivity index (χ1n) is 17.2. The summed E-state index contributed by atoms with van der Waals surface area (Å²) in [6.45, 7) is 4.07. The van der Waals surface area contributed by atoms with Gasteiger partial charge in [0.05, 0.1) is 39.4 Å². The maximum atomic E-state index is 12.9. The third kappa shape index (κ3) is 13.2. The lowest BCUT2D eigenvalue weighted by Crippen LogP contribution is -2.30. The fraction of sp³-hybridized carbons (Fsp3) is 0.385. The number of carbonyl (C=O) groups is 3. The maximum absolute atomic E-state index is 12.9. The van der Waals surface area contributed by atoms with Gasteiger partial charge in [0.25, 0.3) is 0 Å². The minimum atomic E-state index is -0.994. The van der Waals surface area contributed by atoms with E-state index in [0.29, 0.717) is 45.9 Å². The normalized spacial score (nSPS) is 11.5. The molecule has 51 heavy (non-hydrogen) atoms. The van der Waals surface area contributed by atoms with Crippen molar-refractivity contribution in [3.8, 4) is 16.9 Å². The van der Waals surface area contributed by atoms with Crippen molar-refractivity contribution in [1.82, 2.24) is 10.3 Å². The van der Waals surface area contributed by atoms with Gasteiger partial charge in [-0.05, 0) is 77.6 Å². The molecule has 0 radical (unpaired) electrons. The van der Waals surface area contributed by atoms with Crippen LogP contribution in [0.25, 0.3) is 32.3 Å². The number of ether oxygens (including phenoxy) is 3. The number of fused-ring (bicyclic) bond motifs is 1. The maximum Gasteiger partial charge on any atom is 0.303 e. The zero-order valence-corrected chi connectivity index (χ0v) is 29.0. The molecule has 4 rings (SSSR count). The molecule has 1 heterocycles. The molecule has 0 bridgehead atoms. The molecule has 0 aliphatic carbocycles. The average molecular weight is 696 g/mol. The number of carboxylic acid groups (broad SMARTS) is 1. The van der Waals surface area contributed by atoms with Crippen molar-refractivity contribution in [2.75, 3.05) is 46.1 Å². The second kappa shape index (κ2) is 21.0. The van der Waals surface area contributed by atoms with E-state index in [1.165, 1.54) is 0 Å². The summed E-state index contributed by atoms with van der Waals surface area (Å²) >= 11 is 0. The lowest BCUT2D eigenvalue weighted by molar-refractivity contribution is -0.137. The molecule has 2 N–H and O–H groups in total. The second-order valence-electron chi connectivity index (χ2n) is 12.2. The molecule has 0 saturated carbocycles. The van der Waals surface area contributed by atoms with E-state index in [0.717, 1.165) is 57.3 Å². The predicted molar refractivity (Wildman–Crippen MR) is 195 cm³/mol. The van der Waals surface area contributed by atoms with E-state index in [-0.39, 0.29) is 37.6 Å². The lowest BCUT2D eigenvalue weighted by atomic mass is 9.89. The molecule has 0 unspecified atom stereocenters. The molecule has 268 valence electrons. The summed E-state index contributed by atoms with van der Waals surface area (Å²) in [6.07, 6.45) is 4.20. The van der Waals surface area contributed by atoms with Crippen LogP contribution in [0.2, 0.25) is 0 Å². The predicted octanol–water partition coefficient (Wildman–Crippen LogP) is 6.98. The highest BCUT2D eigenvalue weighted by atomic mass is 16.5. The average Bonchev–Trinajstić information content (AvgIpc) is 3.13. The molecule has 3 aromatic carbocycles. The molecule has 0 spiro atoms. The van der Waals surface area contributed by atoms with E-state index >= 15 is 0 Å². The first kappa shape index (κ1) is 38.5. The summed E-state index contributed by atoms with van der Waals surface area (Å²) in [5.74, 6) is -1.20. The monoisotopic (exact) mass is 695 g/mol. The van der Waals surface area contributed by atoms with Crippen molar-refractivity contribution in [3.05, 3.63) is 106 Å². The summed E-state index contributed by atoms with van der Waals surface area (Å²) < 4.78 is 16.9. The number of aryl methyl sites for hydroxylation is 2. The molecule has 4 aromatic rings. The van der Waals surface area contributed by atoms with E-state index in [2.05, 4.69) is 20.3 Å². The van der Waals surface area contributed by atoms with Crippen molar-refractivity contribution in [2.24, 2.45) is 5.11 Å². The quantitative estimate of drug-likeness (QED) is 0.0362. The molecule has 12 heteroatoms. The molecule has 0 aliphatic heterocycles. The number of ketones is 1. The van der Waals surface area contributed by atoms with E-state index in [1.807, 2.05) is 79.7 Å². The van der Waals surface area contributed by atoms with Gasteiger partial charge < -0.3 is 24.6 Å². The van der Waals surface area contributed by atoms with Crippen LogP contribution in [0.4, 0.5) is 0 Å². The van der Waals surface area contributed by atoms with Gasteiger partial charge in [0.2, 0.25) is 5.91 Å². The number of rotatable bonds is 23. The largest absolute Gasteiger partial charge is 0.491 e. The highest BCUT2D eigenvalue weighted by Crippen LogP contribution is 2.35. The molecule has 0 aliphatic rings. The van der Waals surface area contributed by atoms with Gasteiger partial charge in [-0.25, -0.2) is 0 Å². The van der Waals surface area contributed by atoms with Gasteiger partial charge in [-0.1, -0.05) is 59.7 Å². The van der Waals surface area contributed by atoms with Crippen LogP contribution in [0.3, 0.4) is 0 Å². The SMILES string of the molecule is Cc1ccnc(CCCCC(=O)NCC(=O)C[C@H](CC(=O)O)c2ccc(-c3ccc(OCCOCCOCCN=[N+]=[N-])c4ccccc34)cc2)c1. The number of aromatic nitrogens is 1. The van der Waals surface area contributed by atoms with Gasteiger partial charge in [0, 0.05) is 47.5 Å². The van der Waals surface area contributed by atoms with Gasteiger partial charge in [-0.15, -0.1) is 0 Å². The molecule has 0 saturated heterocycles. The number of nitrogens with zero attached hydrogens (tertiary/aromatic N) is 4. The smallest absolute Gasteiger partial charge is 0.303 e. The molecule has 0 fully saturated rings. The number of benzene rings is 3. The first-order chi connectivity index (χ1) is 24.8. The number of azide groups is 1. The Kier molecular flexibility index (Phi) is 15.9. The van der Waals surface area contributed by atoms with Gasteiger partial charge >= 0.3 is 5.97 Å². The third-order valence-corrected chi connectivity index (χ3v) is 8.27. The van der Waals surface area contributed by atoms with Crippen LogP contribution in [-0.2, 0) is 30.3 Å². The number of carbonyl (C=O) groups excluding carboxylic acids is 2. The number of aliphatic carboxylic acids is 1. The topological polar surface area (TPSA) is 173 Å². The number of unbranched alkanes of at least 4 members (excludes halogenated alkanes) is 1. The van der Waals surface area contributed by atoms with Crippen molar-refractivity contribution < 1.29 is 33.7 Å². The Labute approximate surface area is 297 Å². The van der Waals surface area contributed by atoms with Crippen molar-refractivity contribution in [3.63, 3.8) is 0 Å². The Hall–Kier alpha value is -5.29. The Morgan fingerprint density at radius 1 is 0.902 bits per heavy atom. The summed E-state index contributed by atoms with van der Waals surface area (Å²) in [6, 6.07) is 23.5. The fourth-order valence-corrected chi connectivity index (χ4v) is 5.74. The van der Waals surface area contributed by atoms with Gasteiger partial charge in [-0.2, -0.15) is 0 Å². The number of hydrogen-bond acceptors (Lipinski definition) is 8. The molecule has 1 amide bonds. The summed E-state index contributed by atoms with van der Waals surface area (Å²) in [7, 11) is 0. The Bertz CT molecular complexity index is 1790. The zero-order chi connectivity index (χ0) is 36.3. The standard InChI is InChI=1S/C39H45N5O7/c1-28-16-17-41-32(24-28)6-2-5-9-38(46)42-27-33(45)25-31(26-39(47)48)29-10-12-30(13-11-29)34-14-15-37(36-8-4-3-7-35(34)36)51-23-22-50-21-20-49-19-18-43-44-40/h3-4,7-8,10-17,24,31H,2,5-6,9,18-23,25-27H2,1H3,(H,42,46)(H,47,48)/t31-/m1/s1. The Balaban J connectivity index is 1.28. The highest BCUT2D eigenvalue weighted by molar-refractivity contribution is 6.00. The van der Waals surface area contributed by atoms with Crippen molar-refractivity contribution >= 4 is 28.4 Å². The third-order valence-electron chi connectivity index (χ3n) is 8.27. The molecule has 12 nitrogen and oxygen atoms in total. The number of hydrogen-bond donors (Lipinski definition) is 2. The van der Waals surface area contributed by atoms with Crippen LogP contribution in [0.1, 0.15) is 54.8 Å². The van der Waals surface area contributed by atoms with Crippen LogP contribution in [0.15, 0.2) is 84.1 Å². The lowest BCUT2D eigenvalue weighted by Gasteiger charge is -2.17. The van der Waals surface area contributed by atoms with Gasteiger partial charge in [0.1, 0.15) is 12.4 Å². The first-order valence-corrected chi connectivity index (χ1v) is 17.2. The highest BCUT2D eigenvalue weighted by Gasteiger charge is 2.20. The number of amides is 1. The van der Waals surface area contributed by atoms with Crippen molar-refractivity contribution in [2.45, 2.75) is 51.4 Å². The van der Waals surface area contributed by atoms with E-state index in [9.17, 15) is 19.5 Å². The molecule has 1 atom stereocenters. The summed E-state index contributed by atoms with van der Waals surface area (Å²) in [5, 5.41) is 17.6. The summed E-state index contributed by atoms with van der Waals surface area (Å²) in [4.78, 5) is 44.0. The second-order valence-corrected chi connectivity index (χ2v) is 12.2. The fourth-order valence-electron chi connectivity index (χ4n) is 5.74. The summed E-state index contributed by atoms with van der Waals surface area (Å²) in [5.41, 5.74) is 13.1. The van der Waals surface area contributed by atoms with Crippen molar-refractivity contribution in [1.29, 1.82) is 0 Å². The van der Waals surface area contributed by atoms with Crippen LogP contribution >= 0.6 is 0 Å². The van der Waals surface area contributed by atoms with Gasteiger partial charge in [-0.3, -0.25) is 19.4 Å². The zero-order valence-electron chi connectivity index (χ0n) is 29.0. The van der Waals surface area contributed by atoms with Crippen LogP contribution in [0.5, 0.6) is 5.75 Å².